The van der Waals surface area contributed by atoms with Crippen LogP contribution in [-0.4, -0.2) is 72.4 Å². The number of carbonyl (C=O) groups excluding carboxylic acids is 3. The lowest BCUT2D eigenvalue weighted by molar-refractivity contribution is -0.125. The second-order valence-electron chi connectivity index (χ2n) is 8.47. The Hall–Kier alpha value is -3.64. The summed E-state index contributed by atoms with van der Waals surface area (Å²) in [5, 5.41) is 6.59. The van der Waals surface area contributed by atoms with E-state index >= 15 is 0 Å². The molecule has 3 aromatic rings. The number of thiophene rings is 1. The fraction of sp³-hybridized carbons (Fsp3) is 0.407. The van der Waals surface area contributed by atoms with E-state index in [9.17, 15) is 23.2 Å². The van der Waals surface area contributed by atoms with Gasteiger partial charge in [-0.05, 0) is 17.0 Å². The number of oxazole rings is 1. The summed E-state index contributed by atoms with van der Waals surface area (Å²) >= 11 is 1.41. The van der Waals surface area contributed by atoms with Crippen molar-refractivity contribution in [2.45, 2.75) is 38.7 Å². The number of morpholine rings is 1. The number of amides is 3. The Labute approximate surface area is 229 Å². The van der Waals surface area contributed by atoms with Gasteiger partial charge in [-0.2, -0.15) is 0 Å². The maximum absolute atomic E-state index is 15.0. The van der Waals surface area contributed by atoms with Crippen LogP contribution in [0.2, 0.25) is 0 Å². The summed E-state index contributed by atoms with van der Waals surface area (Å²) in [4.78, 5) is 44.2. The predicted molar refractivity (Wildman–Crippen MR) is 143 cm³/mol. The molecule has 1 atom stereocenters. The molecule has 39 heavy (non-hydrogen) atoms. The van der Waals surface area contributed by atoms with Gasteiger partial charge in [-0.1, -0.05) is 50.2 Å². The first kappa shape index (κ1) is 29.9. The molecule has 2 aromatic heterocycles. The van der Waals surface area contributed by atoms with E-state index in [1.807, 2.05) is 25.3 Å². The molecule has 1 aromatic carbocycles. The number of hydrogen-bond donors (Lipinski definition) is 2. The Kier molecular flexibility index (Phi) is 11.1. The predicted octanol–water partition coefficient (Wildman–Crippen LogP) is 4.41. The average Bonchev–Trinajstić information content (AvgIpc) is 3.66. The molecule has 0 unspecified atom stereocenters. The first-order valence-electron chi connectivity index (χ1n) is 12.7. The Balaban J connectivity index is 0.00000205. The SMILES string of the molecule is CC.O=C(CNC(=O)[C@H](CC(F)(F)Cc1ccccc1)NC(=O)N1CCOCC1)c1ncc(-c2cccs2)o1. The van der Waals surface area contributed by atoms with Gasteiger partial charge in [-0.3, -0.25) is 9.59 Å². The summed E-state index contributed by atoms with van der Waals surface area (Å²) in [5.74, 6) is -4.66. The Morgan fingerprint density at radius 3 is 2.49 bits per heavy atom. The smallest absolute Gasteiger partial charge is 0.318 e. The summed E-state index contributed by atoms with van der Waals surface area (Å²) in [6.45, 7) is 4.64. The molecule has 1 fully saturated rings. The van der Waals surface area contributed by atoms with Crippen molar-refractivity contribution in [1.29, 1.82) is 0 Å². The van der Waals surface area contributed by atoms with E-state index in [0.717, 1.165) is 4.88 Å². The number of ketones is 1. The molecule has 0 bridgehead atoms. The number of carbonyl (C=O) groups is 3. The van der Waals surface area contributed by atoms with Crippen LogP contribution >= 0.6 is 11.3 Å². The molecule has 9 nitrogen and oxygen atoms in total. The monoisotopic (exact) mass is 562 g/mol. The summed E-state index contributed by atoms with van der Waals surface area (Å²) < 4.78 is 40.6. The van der Waals surface area contributed by atoms with Crippen LogP contribution in [-0.2, 0) is 16.0 Å². The maximum atomic E-state index is 15.0. The number of halogens is 2. The van der Waals surface area contributed by atoms with E-state index in [1.165, 1.54) is 22.4 Å². The number of hydrogen-bond acceptors (Lipinski definition) is 7. The number of ether oxygens (including phenoxy) is 1. The van der Waals surface area contributed by atoms with E-state index in [-0.39, 0.29) is 19.0 Å². The van der Waals surface area contributed by atoms with Crippen LogP contribution in [0.1, 0.15) is 36.5 Å². The minimum absolute atomic E-state index is 0.216. The third kappa shape index (κ3) is 8.96. The van der Waals surface area contributed by atoms with Gasteiger partial charge >= 0.3 is 6.03 Å². The third-order valence-corrected chi connectivity index (χ3v) is 6.54. The van der Waals surface area contributed by atoms with Gasteiger partial charge in [-0.15, -0.1) is 11.3 Å². The molecule has 1 saturated heterocycles. The summed E-state index contributed by atoms with van der Waals surface area (Å²) in [6, 6.07) is 9.54. The van der Waals surface area contributed by atoms with Crippen molar-refractivity contribution in [3.8, 4) is 10.6 Å². The highest BCUT2D eigenvalue weighted by Crippen LogP contribution is 2.27. The fourth-order valence-electron chi connectivity index (χ4n) is 3.78. The van der Waals surface area contributed by atoms with Crippen LogP contribution in [0.15, 0.2) is 58.5 Å². The van der Waals surface area contributed by atoms with Crippen LogP contribution in [0.3, 0.4) is 0 Å². The van der Waals surface area contributed by atoms with E-state index in [2.05, 4.69) is 15.6 Å². The molecule has 2 N–H and O–H groups in total. The number of rotatable bonds is 10. The molecule has 0 aliphatic carbocycles. The zero-order valence-corrected chi connectivity index (χ0v) is 22.6. The topological polar surface area (TPSA) is 114 Å². The Bertz CT molecular complexity index is 1200. The highest BCUT2D eigenvalue weighted by Gasteiger charge is 2.37. The largest absolute Gasteiger partial charge is 0.433 e. The number of nitrogens with one attached hydrogen (secondary N) is 2. The molecule has 1 aliphatic rings. The van der Waals surface area contributed by atoms with Gasteiger partial charge in [0, 0.05) is 25.9 Å². The fourth-order valence-corrected chi connectivity index (χ4v) is 4.45. The number of benzene rings is 1. The second-order valence-corrected chi connectivity index (χ2v) is 9.42. The van der Waals surface area contributed by atoms with Crippen LogP contribution in [0, 0.1) is 0 Å². The summed E-state index contributed by atoms with van der Waals surface area (Å²) in [6.07, 6.45) is -0.151. The van der Waals surface area contributed by atoms with Gasteiger partial charge in [0.25, 0.3) is 11.8 Å². The Morgan fingerprint density at radius 2 is 1.82 bits per heavy atom. The molecule has 4 rings (SSSR count). The quantitative estimate of drug-likeness (QED) is 0.354. The number of nitrogens with zero attached hydrogens (tertiary/aromatic N) is 2. The third-order valence-electron chi connectivity index (χ3n) is 5.65. The zero-order valence-electron chi connectivity index (χ0n) is 21.8. The molecule has 3 heterocycles. The minimum Gasteiger partial charge on any atom is -0.433 e. The van der Waals surface area contributed by atoms with E-state index < -0.39 is 49.1 Å². The first-order valence-corrected chi connectivity index (χ1v) is 13.5. The van der Waals surface area contributed by atoms with Crippen molar-refractivity contribution in [2.75, 3.05) is 32.8 Å². The molecule has 3 amide bonds. The van der Waals surface area contributed by atoms with Crippen LogP contribution in [0.25, 0.3) is 10.6 Å². The zero-order chi connectivity index (χ0) is 28.3. The van der Waals surface area contributed by atoms with Crippen molar-refractivity contribution < 1.29 is 32.3 Å². The Morgan fingerprint density at radius 1 is 1.10 bits per heavy atom. The van der Waals surface area contributed by atoms with Crippen molar-refractivity contribution >= 4 is 29.1 Å². The lowest BCUT2D eigenvalue weighted by Crippen LogP contribution is -2.55. The molecular weight excluding hydrogens is 530 g/mol. The van der Waals surface area contributed by atoms with Gasteiger partial charge in [0.2, 0.25) is 11.7 Å². The van der Waals surface area contributed by atoms with Crippen LogP contribution in [0.4, 0.5) is 13.6 Å². The van der Waals surface area contributed by atoms with Crippen molar-refractivity contribution in [1.82, 2.24) is 20.5 Å². The van der Waals surface area contributed by atoms with E-state index in [1.54, 1.807) is 36.4 Å². The van der Waals surface area contributed by atoms with Crippen LogP contribution in [0.5, 0.6) is 0 Å². The van der Waals surface area contributed by atoms with E-state index in [0.29, 0.717) is 24.5 Å². The molecular formula is C27H32F2N4O5S. The normalized spacial score (nSPS) is 14.1. The molecule has 0 spiro atoms. The van der Waals surface area contributed by atoms with Gasteiger partial charge in [-0.25, -0.2) is 18.6 Å². The maximum Gasteiger partial charge on any atom is 0.318 e. The highest BCUT2D eigenvalue weighted by atomic mass is 32.1. The highest BCUT2D eigenvalue weighted by molar-refractivity contribution is 7.13. The minimum atomic E-state index is -3.30. The number of urea groups is 1. The van der Waals surface area contributed by atoms with Gasteiger partial charge in [0.15, 0.2) is 5.76 Å². The average molecular weight is 563 g/mol. The molecule has 0 saturated carbocycles. The molecule has 210 valence electrons. The number of aromatic nitrogens is 1. The van der Waals surface area contributed by atoms with Crippen LogP contribution < -0.4 is 10.6 Å². The second kappa shape index (κ2) is 14.5. The molecule has 0 radical (unpaired) electrons. The van der Waals surface area contributed by atoms with E-state index in [4.69, 9.17) is 9.15 Å². The number of alkyl halides is 2. The van der Waals surface area contributed by atoms with Gasteiger partial charge < -0.3 is 24.7 Å². The number of Topliss-reactive ketones (excluding diaryl/α,β-unsaturated/α-hetero) is 1. The van der Waals surface area contributed by atoms with Gasteiger partial charge in [0.1, 0.15) is 6.04 Å². The molecule has 1 aliphatic heterocycles. The summed E-state index contributed by atoms with van der Waals surface area (Å²) in [5.41, 5.74) is 0.395. The van der Waals surface area contributed by atoms with Crippen molar-refractivity contribution in [3.05, 3.63) is 65.5 Å². The van der Waals surface area contributed by atoms with Crippen molar-refractivity contribution in [2.24, 2.45) is 0 Å². The standard InChI is InChI=1S/C25H26F2N4O5S.C2H6/c26-25(27,13-17-5-2-1-3-6-17)14-18(30-24(34)31-8-10-35-11-9-31)22(33)28-15-19(32)23-29-16-20(36-23)21-7-4-12-37-21;1-2/h1-7,12,16,18H,8-11,13-15H2,(H,28,33)(H,30,34);1-2H3/t18-;/m0./s1. The lowest BCUT2D eigenvalue weighted by Gasteiger charge is -2.30. The first-order chi connectivity index (χ1) is 18.8. The van der Waals surface area contributed by atoms with Gasteiger partial charge in [0.05, 0.1) is 30.8 Å². The molecule has 12 heteroatoms. The lowest BCUT2D eigenvalue weighted by atomic mass is 10.00. The summed E-state index contributed by atoms with van der Waals surface area (Å²) in [7, 11) is 0. The van der Waals surface area contributed by atoms with Crippen molar-refractivity contribution in [3.63, 3.8) is 0 Å².